The molecule has 0 N–H and O–H groups in total. The number of allylic oxidation sites excluding steroid dienone is 5. The molecule has 0 fully saturated rings. The Morgan fingerprint density at radius 2 is 0.711 bits per heavy atom. The Kier molecular flexibility index (Phi) is 11.2. The molecule has 4 bridgehead atoms. The van der Waals surface area contributed by atoms with Crippen LogP contribution in [0.3, 0.4) is 0 Å². The van der Waals surface area contributed by atoms with Crippen LogP contribution in [-0.2, 0) is 16.2 Å². The van der Waals surface area contributed by atoms with Crippen LogP contribution in [0.4, 0.5) is 0 Å². The first-order valence-corrected chi connectivity index (χ1v) is 29.8. The SMILES string of the molecule is CC1=C[C+](C(C)(C)C)C=C(C)C1=C=C1c2cc(C#CC34c5ccccc5C(c5ccccc53)c3ccccc34)ccc2C(c2c(C)cc(C(C)(C)C)cc2C)c2ccc(C#CC34c5ccccc5C(c5ccccc53)c3ccccc34)cc21. The van der Waals surface area contributed by atoms with Gasteiger partial charge in [0.05, 0.1) is 29.2 Å². The van der Waals surface area contributed by atoms with Gasteiger partial charge in [0.2, 0.25) is 0 Å². The molecule has 0 saturated heterocycles. The van der Waals surface area contributed by atoms with Gasteiger partial charge in [-0.2, -0.15) is 0 Å². The summed E-state index contributed by atoms with van der Waals surface area (Å²) in [5.74, 6) is 17.7. The smallest absolute Gasteiger partial charge is 0.0765 e. The maximum atomic E-state index is 4.25. The second-order valence-corrected chi connectivity index (χ2v) is 26.4. The van der Waals surface area contributed by atoms with Gasteiger partial charge in [0.25, 0.3) is 0 Å². The third-order valence-electron chi connectivity index (χ3n) is 19.5. The highest BCUT2D eigenvalue weighted by Crippen LogP contribution is 2.61. The van der Waals surface area contributed by atoms with Crippen molar-refractivity contribution in [2.45, 2.75) is 103 Å². The summed E-state index contributed by atoms with van der Waals surface area (Å²) in [7, 11) is 0. The fourth-order valence-corrected chi connectivity index (χ4v) is 15.7. The molecule has 17 rings (SSSR count). The van der Waals surface area contributed by atoms with Gasteiger partial charge >= 0.3 is 0 Å². The lowest BCUT2D eigenvalue weighted by Crippen LogP contribution is -2.41. The quantitative estimate of drug-likeness (QED) is 0.0873. The third kappa shape index (κ3) is 7.39. The van der Waals surface area contributed by atoms with Crippen LogP contribution < -0.4 is 0 Å². The maximum Gasteiger partial charge on any atom is 0.132 e. The highest BCUT2D eigenvalue weighted by molar-refractivity contribution is 5.90. The Labute approximate surface area is 492 Å². The number of benzene rings is 9. The van der Waals surface area contributed by atoms with E-state index in [1.54, 1.807) is 0 Å². The zero-order valence-corrected chi connectivity index (χ0v) is 49.4. The van der Waals surface area contributed by atoms with Crippen molar-refractivity contribution in [2.24, 2.45) is 5.41 Å². The Balaban J connectivity index is 0.997. The minimum atomic E-state index is -0.646. The van der Waals surface area contributed by atoms with Gasteiger partial charge in [-0.05, 0) is 176 Å². The van der Waals surface area contributed by atoms with Crippen LogP contribution >= 0.6 is 0 Å². The number of fused-ring (bicyclic) bond motifs is 2. The molecular weight excluding hydrogens is 997 g/mol. The molecule has 0 amide bonds. The fraction of sp³-hybridized carbons (Fsp3) is 0.205. The normalized spacial score (nSPS) is 20.7. The molecule has 0 nitrogen and oxygen atoms in total. The van der Waals surface area contributed by atoms with Crippen molar-refractivity contribution in [1.82, 2.24) is 0 Å². The van der Waals surface area contributed by atoms with Crippen LogP contribution in [0.25, 0.3) is 5.57 Å². The summed E-state index contributed by atoms with van der Waals surface area (Å²) in [6.07, 6.45) is 4.77. The molecule has 0 atom stereocenters. The van der Waals surface area contributed by atoms with Gasteiger partial charge < -0.3 is 0 Å². The van der Waals surface area contributed by atoms with Crippen molar-refractivity contribution in [2.75, 3.05) is 0 Å². The first-order valence-electron chi connectivity index (χ1n) is 29.8. The van der Waals surface area contributed by atoms with E-state index in [4.69, 9.17) is 0 Å². The molecular formula is C83H67+. The molecule has 0 radical (unpaired) electrons. The van der Waals surface area contributed by atoms with E-state index in [0.29, 0.717) is 0 Å². The molecule has 398 valence electrons. The lowest BCUT2D eigenvalue weighted by atomic mass is 9.53. The molecule has 0 aromatic heterocycles. The average Bonchev–Trinajstić information content (AvgIpc) is 0.988. The van der Waals surface area contributed by atoms with Gasteiger partial charge in [0, 0.05) is 53.7 Å². The van der Waals surface area contributed by atoms with E-state index < -0.39 is 10.8 Å². The van der Waals surface area contributed by atoms with E-state index in [2.05, 4.69) is 305 Å². The highest BCUT2D eigenvalue weighted by atomic mass is 14.5. The first kappa shape index (κ1) is 50.9. The van der Waals surface area contributed by atoms with Crippen LogP contribution in [0, 0.1) is 48.9 Å². The molecule has 8 aliphatic carbocycles. The van der Waals surface area contributed by atoms with Crippen LogP contribution in [0.2, 0.25) is 0 Å². The zero-order valence-electron chi connectivity index (χ0n) is 49.4. The average molecular weight is 1060 g/mol. The Bertz CT molecular complexity index is 4090. The Hall–Kier alpha value is -9.03. The summed E-state index contributed by atoms with van der Waals surface area (Å²) in [6, 6.07) is 73.4. The van der Waals surface area contributed by atoms with Crippen LogP contribution in [0.15, 0.2) is 229 Å². The minimum absolute atomic E-state index is 0.00204. The summed E-state index contributed by atoms with van der Waals surface area (Å²) < 4.78 is 0. The van der Waals surface area contributed by atoms with Gasteiger partial charge in [-0.15, -0.1) is 0 Å². The number of rotatable bonds is 1. The van der Waals surface area contributed by atoms with E-state index in [0.717, 1.165) is 33.4 Å². The molecule has 9 aromatic carbocycles. The topological polar surface area (TPSA) is 0 Å². The van der Waals surface area contributed by atoms with Gasteiger partial charge in [-0.1, -0.05) is 220 Å². The monoisotopic (exact) mass is 1060 g/mol. The van der Waals surface area contributed by atoms with E-state index in [9.17, 15) is 0 Å². The van der Waals surface area contributed by atoms with Gasteiger partial charge in [-0.25, -0.2) is 0 Å². The molecule has 0 saturated carbocycles. The summed E-state index contributed by atoms with van der Waals surface area (Å²) >= 11 is 0. The predicted molar refractivity (Wildman–Crippen MR) is 342 cm³/mol. The lowest BCUT2D eigenvalue weighted by molar-refractivity contribution is 0.471. The zero-order chi connectivity index (χ0) is 56.9. The van der Waals surface area contributed by atoms with Gasteiger partial charge in [0.15, 0.2) is 0 Å². The van der Waals surface area contributed by atoms with Gasteiger partial charge in [0.1, 0.15) is 16.4 Å². The predicted octanol–water partition coefficient (Wildman–Crippen LogP) is 19.0. The second kappa shape index (κ2) is 18.2. The highest BCUT2D eigenvalue weighted by Gasteiger charge is 2.52. The molecule has 0 aliphatic heterocycles. The van der Waals surface area contributed by atoms with Crippen molar-refractivity contribution >= 4 is 5.57 Å². The van der Waals surface area contributed by atoms with Gasteiger partial charge in [-0.3, -0.25) is 0 Å². The Morgan fingerprint density at radius 3 is 1.04 bits per heavy atom. The van der Waals surface area contributed by atoms with E-state index >= 15 is 0 Å². The maximum absolute atomic E-state index is 4.25. The van der Waals surface area contributed by atoms with Crippen LogP contribution in [0.5, 0.6) is 0 Å². The Morgan fingerprint density at radius 1 is 0.373 bits per heavy atom. The summed E-state index contributed by atoms with van der Waals surface area (Å²) in [6.45, 7) is 23.1. The molecule has 0 spiro atoms. The van der Waals surface area contributed by atoms with Crippen molar-refractivity contribution in [3.8, 4) is 23.7 Å². The first-order chi connectivity index (χ1) is 40.1. The van der Waals surface area contributed by atoms with Crippen molar-refractivity contribution in [3.05, 3.63) is 357 Å². The number of hydrogen-bond acceptors (Lipinski definition) is 0. The number of aryl methyl sites for hydroxylation is 2. The fourth-order valence-electron chi connectivity index (χ4n) is 15.7. The standard InChI is InChI=1S/C83H67/c1-50-43-56(80(5,6)7)44-51(2)66(50)49-69-67-47-54(39-41-82-70-29-17-11-23-60(70)77(61-24-12-18-30-71(61)82)62-25-13-19-31-72(62)82)35-37-58(67)79(76-52(3)45-57(46-53(76)4)81(8,9)10)59-38-36-55(48-68(59)69)40-42-83-73-32-20-14-26-63(73)78(64-27-15-21-33-74(64)83)65-28-16-22-34-75(65)83/h11-38,43-48,77-79H,1-10H3/q+1. The van der Waals surface area contributed by atoms with E-state index in [1.807, 2.05) is 0 Å². The summed E-state index contributed by atoms with van der Waals surface area (Å²) in [5, 5.41) is 0. The number of hydrogen-bond donors (Lipinski definition) is 0. The van der Waals surface area contributed by atoms with Crippen LogP contribution in [0.1, 0.15) is 196 Å². The van der Waals surface area contributed by atoms with Crippen molar-refractivity contribution < 1.29 is 0 Å². The lowest BCUT2D eigenvalue weighted by Gasteiger charge is -2.48. The summed E-state index contributed by atoms with van der Waals surface area (Å²) in [4.78, 5) is 0. The van der Waals surface area contributed by atoms with Crippen LogP contribution in [-0.4, -0.2) is 0 Å². The minimum Gasteiger partial charge on any atom is -0.0765 e. The molecule has 9 aromatic rings. The molecule has 0 heterocycles. The molecule has 83 heavy (non-hydrogen) atoms. The molecule has 0 unspecified atom stereocenters. The molecule has 8 aliphatic rings. The largest absolute Gasteiger partial charge is 0.132 e. The van der Waals surface area contributed by atoms with Crippen molar-refractivity contribution in [3.63, 3.8) is 0 Å². The second-order valence-electron chi connectivity index (χ2n) is 26.4. The van der Waals surface area contributed by atoms with E-state index in [1.165, 1.54) is 117 Å². The third-order valence-corrected chi connectivity index (χ3v) is 19.5. The van der Waals surface area contributed by atoms with Crippen molar-refractivity contribution in [1.29, 1.82) is 0 Å². The summed E-state index contributed by atoms with van der Waals surface area (Å²) in [5.41, 5.74) is 35.5. The van der Waals surface area contributed by atoms with E-state index in [-0.39, 0.29) is 28.6 Å². The molecule has 0 heteroatoms.